The van der Waals surface area contributed by atoms with Gasteiger partial charge in [-0.15, -0.1) is 0 Å². The smallest absolute Gasteiger partial charge is 0.230 e. The SMILES string of the molecule is COc1cc(N2CCNCC2)ccc1Nc1nc(C(=O)c2ccc(F)cc2)nc2ccccc12. The van der Waals surface area contributed by atoms with E-state index in [0.717, 1.165) is 42.9 Å². The van der Waals surface area contributed by atoms with Crippen LogP contribution in [0, 0.1) is 5.82 Å². The normalized spacial score (nSPS) is 13.6. The van der Waals surface area contributed by atoms with E-state index in [0.29, 0.717) is 22.6 Å². The van der Waals surface area contributed by atoms with E-state index in [1.165, 1.54) is 24.3 Å². The molecule has 1 saturated heterocycles. The Balaban J connectivity index is 1.52. The van der Waals surface area contributed by atoms with Crippen molar-refractivity contribution in [2.75, 3.05) is 43.5 Å². The summed E-state index contributed by atoms with van der Waals surface area (Å²) >= 11 is 0. The van der Waals surface area contributed by atoms with Crippen molar-refractivity contribution in [2.24, 2.45) is 0 Å². The molecule has 0 unspecified atom stereocenters. The summed E-state index contributed by atoms with van der Waals surface area (Å²) in [7, 11) is 1.63. The van der Waals surface area contributed by atoms with Gasteiger partial charge < -0.3 is 20.3 Å². The molecule has 0 aliphatic carbocycles. The molecule has 34 heavy (non-hydrogen) atoms. The van der Waals surface area contributed by atoms with Gasteiger partial charge in [-0.2, -0.15) is 0 Å². The van der Waals surface area contributed by atoms with Crippen LogP contribution in [-0.2, 0) is 0 Å². The first kappa shape index (κ1) is 21.8. The van der Waals surface area contributed by atoms with E-state index < -0.39 is 5.82 Å². The first-order valence-corrected chi connectivity index (χ1v) is 11.1. The number of nitrogens with one attached hydrogen (secondary N) is 2. The monoisotopic (exact) mass is 457 g/mol. The Morgan fingerprint density at radius 1 is 1.03 bits per heavy atom. The number of para-hydroxylation sites is 1. The predicted octanol–water partition coefficient (Wildman–Crippen LogP) is 4.16. The highest BCUT2D eigenvalue weighted by Gasteiger charge is 2.18. The second kappa shape index (κ2) is 9.44. The lowest BCUT2D eigenvalue weighted by Gasteiger charge is -2.30. The van der Waals surface area contributed by atoms with Crippen LogP contribution >= 0.6 is 0 Å². The second-order valence-corrected chi connectivity index (χ2v) is 8.00. The average Bonchev–Trinajstić information content (AvgIpc) is 2.89. The fourth-order valence-corrected chi connectivity index (χ4v) is 4.03. The molecule has 172 valence electrons. The van der Waals surface area contributed by atoms with Gasteiger partial charge in [-0.3, -0.25) is 4.79 Å². The number of fused-ring (bicyclic) bond motifs is 1. The third-order valence-corrected chi connectivity index (χ3v) is 5.83. The second-order valence-electron chi connectivity index (χ2n) is 8.00. The molecule has 3 aromatic carbocycles. The summed E-state index contributed by atoms with van der Waals surface area (Å²) in [6, 6.07) is 18.8. The van der Waals surface area contributed by atoms with Crippen LogP contribution < -0.4 is 20.3 Å². The highest BCUT2D eigenvalue weighted by atomic mass is 19.1. The molecule has 1 aliphatic rings. The Morgan fingerprint density at radius 2 is 1.79 bits per heavy atom. The minimum Gasteiger partial charge on any atom is -0.494 e. The summed E-state index contributed by atoms with van der Waals surface area (Å²) in [5.74, 6) is 0.406. The number of carbonyl (C=O) groups excluding carboxylic acids is 1. The molecule has 0 amide bonds. The quantitative estimate of drug-likeness (QED) is 0.421. The molecule has 4 aromatic rings. The molecule has 2 heterocycles. The molecule has 8 heteroatoms. The largest absolute Gasteiger partial charge is 0.494 e. The molecule has 2 N–H and O–H groups in total. The highest BCUT2D eigenvalue weighted by molar-refractivity contribution is 6.08. The first-order chi connectivity index (χ1) is 16.6. The summed E-state index contributed by atoms with van der Waals surface area (Å²) in [5, 5.41) is 7.46. The minimum absolute atomic E-state index is 0.0317. The molecule has 1 fully saturated rings. The molecule has 0 saturated carbocycles. The molecule has 1 aromatic heterocycles. The number of ketones is 1. The van der Waals surface area contributed by atoms with E-state index >= 15 is 0 Å². The zero-order valence-electron chi connectivity index (χ0n) is 18.7. The lowest BCUT2D eigenvalue weighted by atomic mass is 10.1. The average molecular weight is 458 g/mol. The van der Waals surface area contributed by atoms with Crippen LogP contribution in [-0.4, -0.2) is 49.0 Å². The van der Waals surface area contributed by atoms with E-state index in [4.69, 9.17) is 4.74 Å². The predicted molar refractivity (Wildman–Crippen MR) is 131 cm³/mol. The van der Waals surface area contributed by atoms with Crippen LogP contribution in [0.15, 0.2) is 66.7 Å². The van der Waals surface area contributed by atoms with Gasteiger partial charge in [-0.05, 0) is 48.5 Å². The number of piperazine rings is 1. The highest BCUT2D eigenvalue weighted by Crippen LogP contribution is 2.33. The lowest BCUT2D eigenvalue weighted by molar-refractivity contribution is 0.103. The van der Waals surface area contributed by atoms with E-state index in [-0.39, 0.29) is 11.6 Å². The fourth-order valence-electron chi connectivity index (χ4n) is 4.03. The van der Waals surface area contributed by atoms with Crippen LogP contribution in [0.5, 0.6) is 5.75 Å². The number of rotatable bonds is 6. The van der Waals surface area contributed by atoms with E-state index in [2.05, 4.69) is 25.5 Å². The van der Waals surface area contributed by atoms with Crippen LogP contribution in [0.3, 0.4) is 0 Å². The van der Waals surface area contributed by atoms with Gasteiger partial charge >= 0.3 is 0 Å². The molecule has 0 radical (unpaired) electrons. The summed E-state index contributed by atoms with van der Waals surface area (Å²) < 4.78 is 19.0. The molecule has 7 nitrogen and oxygen atoms in total. The van der Waals surface area contributed by atoms with Gasteiger partial charge in [0.15, 0.2) is 0 Å². The Hall–Kier alpha value is -4.04. The van der Waals surface area contributed by atoms with Gasteiger partial charge in [0, 0.05) is 48.9 Å². The summed E-state index contributed by atoms with van der Waals surface area (Å²) in [6.07, 6.45) is 0. The number of carbonyl (C=O) groups is 1. The molecule has 1 aliphatic heterocycles. The zero-order valence-corrected chi connectivity index (χ0v) is 18.7. The van der Waals surface area contributed by atoms with E-state index in [9.17, 15) is 9.18 Å². The molecular weight excluding hydrogens is 433 g/mol. The van der Waals surface area contributed by atoms with Crippen LogP contribution in [0.1, 0.15) is 16.2 Å². The maximum atomic E-state index is 13.3. The van der Waals surface area contributed by atoms with E-state index in [1.807, 2.05) is 42.5 Å². The zero-order chi connectivity index (χ0) is 23.5. The fraction of sp³-hybridized carbons (Fsp3) is 0.192. The number of methoxy groups -OCH3 is 1. The van der Waals surface area contributed by atoms with Gasteiger partial charge in [0.2, 0.25) is 11.6 Å². The third kappa shape index (κ3) is 4.40. The van der Waals surface area contributed by atoms with Crippen LogP contribution in [0.4, 0.5) is 21.6 Å². The van der Waals surface area contributed by atoms with Crippen molar-refractivity contribution < 1.29 is 13.9 Å². The first-order valence-electron chi connectivity index (χ1n) is 11.1. The molecular formula is C26H24FN5O2. The number of nitrogens with zero attached hydrogens (tertiary/aromatic N) is 3. The standard InChI is InChI=1S/C26H24FN5O2/c1-34-23-16-19(32-14-12-28-13-15-32)10-11-22(23)30-25-20-4-2-3-5-21(20)29-26(31-25)24(33)17-6-8-18(27)9-7-17/h2-11,16,28H,12-15H2,1H3,(H,29,30,31). The Kier molecular flexibility index (Phi) is 6.05. The van der Waals surface area contributed by atoms with Crippen LogP contribution in [0.2, 0.25) is 0 Å². The number of ether oxygens (including phenoxy) is 1. The summed E-state index contributed by atoms with van der Waals surface area (Å²) in [5.41, 5.74) is 2.76. The Morgan fingerprint density at radius 3 is 2.56 bits per heavy atom. The van der Waals surface area contributed by atoms with Crippen molar-refractivity contribution in [3.05, 3.63) is 83.9 Å². The number of halogens is 1. The van der Waals surface area contributed by atoms with Gasteiger partial charge in [0.05, 0.1) is 18.3 Å². The summed E-state index contributed by atoms with van der Waals surface area (Å²) in [6.45, 7) is 3.75. The van der Waals surface area contributed by atoms with Gasteiger partial charge in [-0.25, -0.2) is 14.4 Å². The number of aromatic nitrogens is 2. The van der Waals surface area contributed by atoms with Gasteiger partial charge in [0.25, 0.3) is 0 Å². The Bertz CT molecular complexity index is 1340. The van der Waals surface area contributed by atoms with Crippen molar-refractivity contribution in [1.29, 1.82) is 0 Å². The van der Waals surface area contributed by atoms with Crippen molar-refractivity contribution in [2.45, 2.75) is 0 Å². The van der Waals surface area contributed by atoms with Gasteiger partial charge in [0.1, 0.15) is 17.4 Å². The number of anilines is 3. The number of hydrogen-bond donors (Lipinski definition) is 2. The minimum atomic E-state index is -0.408. The van der Waals surface area contributed by atoms with Gasteiger partial charge in [-0.1, -0.05) is 12.1 Å². The molecule has 5 rings (SSSR count). The topological polar surface area (TPSA) is 79.4 Å². The maximum absolute atomic E-state index is 13.3. The summed E-state index contributed by atoms with van der Waals surface area (Å²) in [4.78, 5) is 24.3. The van der Waals surface area contributed by atoms with Crippen molar-refractivity contribution in [3.8, 4) is 5.75 Å². The van der Waals surface area contributed by atoms with Crippen LogP contribution in [0.25, 0.3) is 10.9 Å². The lowest BCUT2D eigenvalue weighted by Crippen LogP contribution is -2.43. The van der Waals surface area contributed by atoms with Crippen molar-refractivity contribution in [3.63, 3.8) is 0 Å². The number of hydrogen-bond acceptors (Lipinski definition) is 7. The Labute approximate surface area is 196 Å². The maximum Gasteiger partial charge on any atom is 0.230 e. The molecule has 0 atom stereocenters. The third-order valence-electron chi connectivity index (χ3n) is 5.83. The van der Waals surface area contributed by atoms with Crippen molar-refractivity contribution >= 4 is 33.9 Å². The van der Waals surface area contributed by atoms with E-state index in [1.54, 1.807) is 7.11 Å². The molecule has 0 spiro atoms. The van der Waals surface area contributed by atoms with Crippen molar-refractivity contribution in [1.82, 2.24) is 15.3 Å². The number of benzene rings is 3. The molecule has 0 bridgehead atoms.